The van der Waals surface area contributed by atoms with Gasteiger partial charge < -0.3 is 10.1 Å². The average molecular weight is 229 g/mol. The average Bonchev–Trinajstić information content (AvgIpc) is 2.23. The first-order valence-corrected chi connectivity index (χ1v) is 5.15. The highest BCUT2D eigenvalue weighted by atomic mass is 35.5. The summed E-state index contributed by atoms with van der Waals surface area (Å²) in [5, 5.41) is 3.32. The first-order valence-electron chi connectivity index (χ1n) is 5.15. The fraction of sp³-hybridized carbons (Fsp3) is 0.545. The summed E-state index contributed by atoms with van der Waals surface area (Å²) in [4.78, 5) is 4.22. The number of aromatic nitrogens is 1. The molecular weight excluding hydrogens is 212 g/mol. The fourth-order valence-electron chi connectivity index (χ4n) is 1.67. The van der Waals surface area contributed by atoms with Gasteiger partial charge in [0.05, 0.1) is 0 Å². The summed E-state index contributed by atoms with van der Waals surface area (Å²) in [7, 11) is 0. The molecule has 1 aromatic heterocycles. The van der Waals surface area contributed by atoms with Crippen molar-refractivity contribution in [2.24, 2.45) is 0 Å². The zero-order valence-corrected chi connectivity index (χ0v) is 9.72. The normalized spacial score (nSPS) is 20.5. The number of nitrogens with one attached hydrogen (secondary N) is 1. The van der Waals surface area contributed by atoms with Gasteiger partial charge in [-0.05, 0) is 32.4 Å². The zero-order chi connectivity index (χ0) is 9.80. The molecule has 2 heterocycles. The SMILES string of the molecule is Cc1cccnc1OC1CCCNC1.Cl. The lowest BCUT2D eigenvalue weighted by Gasteiger charge is -2.23. The van der Waals surface area contributed by atoms with Crippen LogP contribution in [0.5, 0.6) is 5.88 Å². The highest BCUT2D eigenvalue weighted by Crippen LogP contribution is 2.16. The summed E-state index contributed by atoms with van der Waals surface area (Å²) in [5.41, 5.74) is 1.11. The van der Waals surface area contributed by atoms with Crippen LogP contribution in [0.2, 0.25) is 0 Å². The van der Waals surface area contributed by atoms with E-state index in [0.29, 0.717) is 0 Å². The summed E-state index contributed by atoms with van der Waals surface area (Å²) in [6.45, 7) is 4.08. The van der Waals surface area contributed by atoms with E-state index in [1.54, 1.807) is 6.20 Å². The number of piperidine rings is 1. The van der Waals surface area contributed by atoms with E-state index < -0.39 is 0 Å². The molecule has 1 atom stereocenters. The van der Waals surface area contributed by atoms with Gasteiger partial charge in [-0.2, -0.15) is 0 Å². The third-order valence-electron chi connectivity index (χ3n) is 2.49. The molecule has 1 fully saturated rings. The van der Waals surface area contributed by atoms with Crippen molar-refractivity contribution in [1.29, 1.82) is 0 Å². The molecule has 4 heteroatoms. The van der Waals surface area contributed by atoms with Crippen LogP contribution in [0.25, 0.3) is 0 Å². The number of nitrogens with zero attached hydrogens (tertiary/aromatic N) is 1. The van der Waals surface area contributed by atoms with Crippen molar-refractivity contribution < 1.29 is 4.74 Å². The molecule has 1 aromatic rings. The number of hydrogen-bond acceptors (Lipinski definition) is 3. The van der Waals surface area contributed by atoms with E-state index in [9.17, 15) is 0 Å². The van der Waals surface area contributed by atoms with Crippen molar-refractivity contribution >= 4 is 12.4 Å². The molecule has 2 rings (SSSR count). The highest BCUT2D eigenvalue weighted by molar-refractivity contribution is 5.85. The predicted molar refractivity (Wildman–Crippen MR) is 62.7 cm³/mol. The molecule has 3 nitrogen and oxygen atoms in total. The molecule has 1 saturated heterocycles. The quantitative estimate of drug-likeness (QED) is 0.840. The minimum atomic E-state index is 0. The maximum absolute atomic E-state index is 5.81. The summed E-state index contributed by atoms with van der Waals surface area (Å²) in [6, 6.07) is 3.96. The monoisotopic (exact) mass is 228 g/mol. The summed E-state index contributed by atoms with van der Waals surface area (Å²) in [5.74, 6) is 0.779. The van der Waals surface area contributed by atoms with E-state index in [-0.39, 0.29) is 18.5 Å². The minimum Gasteiger partial charge on any atom is -0.473 e. The molecule has 0 amide bonds. The third-order valence-corrected chi connectivity index (χ3v) is 2.49. The third kappa shape index (κ3) is 3.36. The van der Waals surface area contributed by atoms with Crippen LogP contribution in [0.1, 0.15) is 18.4 Å². The van der Waals surface area contributed by atoms with Crippen LogP contribution in [0.4, 0.5) is 0 Å². The van der Waals surface area contributed by atoms with Crippen LogP contribution in [-0.2, 0) is 0 Å². The standard InChI is InChI=1S/C11H16N2O.ClH/c1-9-4-2-7-13-11(9)14-10-5-3-6-12-8-10;/h2,4,7,10,12H,3,5-6,8H2,1H3;1H. The van der Waals surface area contributed by atoms with E-state index in [0.717, 1.165) is 31.0 Å². The lowest BCUT2D eigenvalue weighted by Crippen LogP contribution is -2.37. The largest absolute Gasteiger partial charge is 0.473 e. The van der Waals surface area contributed by atoms with Gasteiger partial charge in [-0.25, -0.2) is 4.98 Å². The molecule has 0 spiro atoms. The molecule has 0 aromatic carbocycles. The van der Waals surface area contributed by atoms with Crippen molar-refractivity contribution in [2.75, 3.05) is 13.1 Å². The Morgan fingerprint density at radius 1 is 1.53 bits per heavy atom. The predicted octanol–water partition coefficient (Wildman–Crippen LogP) is 1.94. The second kappa shape index (κ2) is 5.93. The van der Waals surface area contributed by atoms with Crippen LogP contribution in [0.3, 0.4) is 0 Å². The fourth-order valence-corrected chi connectivity index (χ4v) is 1.67. The van der Waals surface area contributed by atoms with Crippen molar-refractivity contribution in [3.05, 3.63) is 23.9 Å². The molecular formula is C11H17ClN2O. The smallest absolute Gasteiger partial charge is 0.216 e. The lowest BCUT2D eigenvalue weighted by molar-refractivity contribution is 0.159. The molecule has 1 unspecified atom stereocenters. The van der Waals surface area contributed by atoms with Crippen LogP contribution >= 0.6 is 12.4 Å². The molecule has 0 radical (unpaired) electrons. The van der Waals surface area contributed by atoms with E-state index in [4.69, 9.17) is 4.74 Å². The Balaban J connectivity index is 0.00000112. The van der Waals surface area contributed by atoms with Gasteiger partial charge in [0.1, 0.15) is 6.10 Å². The molecule has 84 valence electrons. The minimum absolute atomic E-state index is 0. The van der Waals surface area contributed by atoms with Crippen molar-refractivity contribution in [1.82, 2.24) is 10.3 Å². The van der Waals surface area contributed by atoms with Gasteiger partial charge in [-0.3, -0.25) is 0 Å². The van der Waals surface area contributed by atoms with Gasteiger partial charge in [-0.1, -0.05) is 6.07 Å². The van der Waals surface area contributed by atoms with Gasteiger partial charge >= 0.3 is 0 Å². The van der Waals surface area contributed by atoms with Gasteiger partial charge in [0.15, 0.2) is 0 Å². The van der Waals surface area contributed by atoms with Crippen molar-refractivity contribution in [3.63, 3.8) is 0 Å². The van der Waals surface area contributed by atoms with Crippen LogP contribution in [0.15, 0.2) is 18.3 Å². The number of pyridine rings is 1. The summed E-state index contributed by atoms with van der Waals surface area (Å²) < 4.78 is 5.81. The molecule has 0 aliphatic carbocycles. The molecule has 15 heavy (non-hydrogen) atoms. The van der Waals surface area contributed by atoms with E-state index >= 15 is 0 Å². The summed E-state index contributed by atoms with van der Waals surface area (Å²) >= 11 is 0. The molecule has 1 N–H and O–H groups in total. The van der Waals surface area contributed by atoms with E-state index in [2.05, 4.69) is 10.3 Å². The Bertz CT molecular complexity index is 300. The maximum Gasteiger partial charge on any atom is 0.216 e. The zero-order valence-electron chi connectivity index (χ0n) is 8.90. The first kappa shape index (κ1) is 12.3. The number of hydrogen-bond donors (Lipinski definition) is 1. The number of ether oxygens (including phenoxy) is 1. The Morgan fingerprint density at radius 3 is 3.07 bits per heavy atom. The molecule has 1 aliphatic heterocycles. The number of rotatable bonds is 2. The Kier molecular flexibility index (Phi) is 4.85. The topological polar surface area (TPSA) is 34.1 Å². The Labute approximate surface area is 96.7 Å². The van der Waals surface area contributed by atoms with Crippen molar-refractivity contribution in [3.8, 4) is 5.88 Å². The van der Waals surface area contributed by atoms with Crippen LogP contribution in [0, 0.1) is 6.92 Å². The van der Waals surface area contributed by atoms with Gasteiger partial charge in [0.2, 0.25) is 5.88 Å². The highest BCUT2D eigenvalue weighted by Gasteiger charge is 2.15. The van der Waals surface area contributed by atoms with Gasteiger partial charge in [0, 0.05) is 18.3 Å². The Morgan fingerprint density at radius 2 is 2.40 bits per heavy atom. The van der Waals surface area contributed by atoms with E-state index in [1.165, 1.54) is 6.42 Å². The van der Waals surface area contributed by atoms with Crippen LogP contribution < -0.4 is 10.1 Å². The second-order valence-electron chi connectivity index (χ2n) is 3.71. The molecule has 0 saturated carbocycles. The maximum atomic E-state index is 5.81. The first-order chi connectivity index (χ1) is 6.86. The molecule has 0 bridgehead atoms. The lowest BCUT2D eigenvalue weighted by atomic mass is 10.1. The molecule has 1 aliphatic rings. The number of halogens is 1. The van der Waals surface area contributed by atoms with Gasteiger partial charge in [-0.15, -0.1) is 12.4 Å². The van der Waals surface area contributed by atoms with Crippen LogP contribution in [-0.4, -0.2) is 24.2 Å². The summed E-state index contributed by atoms with van der Waals surface area (Å²) in [6.07, 6.45) is 4.38. The van der Waals surface area contributed by atoms with Gasteiger partial charge in [0.25, 0.3) is 0 Å². The Hall–Kier alpha value is -0.800. The van der Waals surface area contributed by atoms with E-state index in [1.807, 2.05) is 19.1 Å². The second-order valence-corrected chi connectivity index (χ2v) is 3.71. The van der Waals surface area contributed by atoms with Crippen molar-refractivity contribution in [2.45, 2.75) is 25.9 Å². The number of aryl methyl sites for hydroxylation is 1.